The first-order chi connectivity index (χ1) is 8.89. The molecule has 19 heavy (non-hydrogen) atoms. The summed E-state index contributed by atoms with van der Waals surface area (Å²) in [5, 5.41) is 11.0. The molecule has 0 atom stereocenters. The zero-order valence-corrected chi connectivity index (χ0v) is 11.3. The van der Waals surface area contributed by atoms with Crippen LogP contribution < -0.4 is 0 Å². The molecule has 0 aliphatic carbocycles. The number of carbonyl (C=O) groups excluding carboxylic acids is 1. The maximum absolute atomic E-state index is 12.1. The summed E-state index contributed by atoms with van der Waals surface area (Å²) in [5.41, 5.74) is 0.719. The van der Waals surface area contributed by atoms with Gasteiger partial charge in [0.2, 0.25) is 5.91 Å². The fraction of sp³-hybridized carbons (Fsp3) is 0.500. The summed E-state index contributed by atoms with van der Waals surface area (Å²) in [4.78, 5) is 24.3. The lowest BCUT2D eigenvalue weighted by atomic mass is 9.82. The highest BCUT2D eigenvalue weighted by Crippen LogP contribution is 2.32. The molecule has 1 aromatic carbocycles. The number of benzene rings is 1. The van der Waals surface area contributed by atoms with E-state index in [0.717, 1.165) is 6.42 Å². The van der Waals surface area contributed by atoms with Crippen molar-refractivity contribution >= 4 is 11.6 Å². The van der Waals surface area contributed by atoms with Crippen molar-refractivity contribution in [1.29, 1.82) is 0 Å². The molecule has 102 valence electrons. The van der Waals surface area contributed by atoms with Crippen LogP contribution in [-0.2, 0) is 11.3 Å². The molecule has 1 saturated heterocycles. The third-order valence-electron chi connectivity index (χ3n) is 3.59. The Labute approximate surface area is 112 Å². The second-order valence-corrected chi connectivity index (χ2v) is 5.79. The van der Waals surface area contributed by atoms with E-state index in [4.69, 9.17) is 0 Å². The van der Waals surface area contributed by atoms with Gasteiger partial charge in [0.05, 0.1) is 11.5 Å². The smallest absolute Gasteiger partial charge is 0.274 e. The molecule has 0 bridgehead atoms. The number of nitro benzene ring substituents is 1. The first-order valence-corrected chi connectivity index (χ1v) is 6.39. The second-order valence-electron chi connectivity index (χ2n) is 5.79. The Morgan fingerprint density at radius 3 is 2.68 bits per heavy atom. The molecule has 1 fully saturated rings. The van der Waals surface area contributed by atoms with Crippen LogP contribution in [0.4, 0.5) is 5.69 Å². The van der Waals surface area contributed by atoms with Crippen molar-refractivity contribution in [2.24, 2.45) is 5.41 Å². The summed E-state index contributed by atoms with van der Waals surface area (Å²) in [5.74, 6) is 0.0781. The van der Waals surface area contributed by atoms with Crippen LogP contribution in [0.3, 0.4) is 0 Å². The van der Waals surface area contributed by atoms with Crippen molar-refractivity contribution in [3.8, 4) is 0 Å². The van der Waals surface area contributed by atoms with Crippen LogP contribution in [0.25, 0.3) is 0 Å². The molecule has 5 nitrogen and oxygen atoms in total. The van der Waals surface area contributed by atoms with Crippen LogP contribution in [0.15, 0.2) is 24.3 Å². The van der Waals surface area contributed by atoms with Gasteiger partial charge in [-0.15, -0.1) is 0 Å². The highest BCUT2D eigenvalue weighted by Gasteiger charge is 2.32. The summed E-state index contributed by atoms with van der Waals surface area (Å²) in [6, 6.07) is 6.60. The first kappa shape index (κ1) is 13.5. The van der Waals surface area contributed by atoms with Crippen LogP contribution in [0, 0.1) is 15.5 Å². The van der Waals surface area contributed by atoms with Gasteiger partial charge in [-0.2, -0.15) is 0 Å². The number of likely N-dealkylation sites (tertiary alicyclic amines) is 1. The topological polar surface area (TPSA) is 63.4 Å². The minimum Gasteiger partial charge on any atom is -0.338 e. The van der Waals surface area contributed by atoms with Gasteiger partial charge in [-0.1, -0.05) is 32.0 Å². The van der Waals surface area contributed by atoms with E-state index in [1.54, 1.807) is 23.1 Å². The Morgan fingerprint density at radius 1 is 1.37 bits per heavy atom. The molecule has 0 unspecified atom stereocenters. The Kier molecular flexibility index (Phi) is 3.55. The van der Waals surface area contributed by atoms with Gasteiger partial charge in [-0.25, -0.2) is 0 Å². The van der Waals surface area contributed by atoms with Gasteiger partial charge < -0.3 is 4.90 Å². The predicted molar refractivity (Wildman–Crippen MR) is 71.5 cm³/mol. The molecule has 0 spiro atoms. The number of nitrogens with zero attached hydrogens (tertiary/aromatic N) is 2. The van der Waals surface area contributed by atoms with E-state index in [9.17, 15) is 14.9 Å². The maximum Gasteiger partial charge on any atom is 0.274 e. The third kappa shape index (κ3) is 3.10. The Morgan fingerprint density at radius 2 is 2.05 bits per heavy atom. The summed E-state index contributed by atoms with van der Waals surface area (Å²) in [6.07, 6.45) is 1.44. The molecule has 5 heteroatoms. The molecule has 2 rings (SSSR count). The van der Waals surface area contributed by atoms with Crippen molar-refractivity contribution in [1.82, 2.24) is 4.90 Å². The van der Waals surface area contributed by atoms with E-state index in [1.807, 2.05) is 0 Å². The monoisotopic (exact) mass is 262 g/mol. The molecular weight excluding hydrogens is 244 g/mol. The quantitative estimate of drug-likeness (QED) is 0.621. The second kappa shape index (κ2) is 4.99. The Bertz CT molecular complexity index is 511. The Hall–Kier alpha value is -1.91. The molecular formula is C14H18N2O3. The average Bonchev–Trinajstić information content (AvgIpc) is 2.32. The van der Waals surface area contributed by atoms with Gasteiger partial charge >= 0.3 is 0 Å². The van der Waals surface area contributed by atoms with E-state index in [-0.39, 0.29) is 17.0 Å². The minimum atomic E-state index is -0.395. The van der Waals surface area contributed by atoms with Gasteiger partial charge in [0.25, 0.3) is 5.69 Å². The van der Waals surface area contributed by atoms with Crippen molar-refractivity contribution in [2.45, 2.75) is 33.2 Å². The zero-order chi connectivity index (χ0) is 14.0. The van der Waals surface area contributed by atoms with Crippen LogP contribution in [-0.4, -0.2) is 22.3 Å². The van der Waals surface area contributed by atoms with Crippen molar-refractivity contribution in [3.63, 3.8) is 0 Å². The number of amides is 1. The zero-order valence-electron chi connectivity index (χ0n) is 11.3. The molecule has 1 aliphatic rings. The van der Waals surface area contributed by atoms with Crippen LogP contribution in [0.2, 0.25) is 0 Å². The summed E-state index contributed by atoms with van der Waals surface area (Å²) >= 11 is 0. The van der Waals surface area contributed by atoms with E-state index in [0.29, 0.717) is 25.1 Å². The molecule has 1 aromatic rings. The molecule has 1 heterocycles. The van der Waals surface area contributed by atoms with Gasteiger partial charge in [-0.05, 0) is 11.8 Å². The summed E-state index contributed by atoms with van der Waals surface area (Å²) in [7, 11) is 0. The molecule has 0 N–H and O–H groups in total. The van der Waals surface area contributed by atoms with Crippen LogP contribution in [0.1, 0.15) is 32.3 Å². The van der Waals surface area contributed by atoms with E-state index in [1.165, 1.54) is 6.07 Å². The summed E-state index contributed by atoms with van der Waals surface area (Å²) in [6.45, 7) is 5.14. The molecule has 1 aliphatic heterocycles. The lowest BCUT2D eigenvalue weighted by Gasteiger charge is -2.36. The van der Waals surface area contributed by atoms with Crippen LogP contribution in [0.5, 0.6) is 0 Å². The number of hydrogen-bond acceptors (Lipinski definition) is 3. The van der Waals surface area contributed by atoms with E-state index < -0.39 is 4.92 Å². The largest absolute Gasteiger partial charge is 0.338 e. The number of piperidine rings is 1. The Balaban J connectivity index is 2.14. The van der Waals surface area contributed by atoms with Gasteiger partial charge in [-0.3, -0.25) is 14.9 Å². The maximum atomic E-state index is 12.1. The van der Waals surface area contributed by atoms with Gasteiger partial charge in [0.15, 0.2) is 0 Å². The number of para-hydroxylation sites is 1. The fourth-order valence-corrected chi connectivity index (χ4v) is 2.37. The number of nitro groups is 1. The number of hydrogen-bond donors (Lipinski definition) is 0. The molecule has 0 radical (unpaired) electrons. The number of carbonyl (C=O) groups is 1. The average molecular weight is 262 g/mol. The van der Waals surface area contributed by atoms with Crippen molar-refractivity contribution in [2.75, 3.05) is 6.54 Å². The normalized spacial score (nSPS) is 18.4. The van der Waals surface area contributed by atoms with Crippen molar-refractivity contribution in [3.05, 3.63) is 39.9 Å². The van der Waals surface area contributed by atoms with Crippen LogP contribution >= 0.6 is 0 Å². The third-order valence-corrected chi connectivity index (χ3v) is 3.59. The van der Waals surface area contributed by atoms with Crippen molar-refractivity contribution < 1.29 is 9.72 Å². The highest BCUT2D eigenvalue weighted by molar-refractivity contribution is 5.77. The van der Waals surface area contributed by atoms with E-state index >= 15 is 0 Å². The molecule has 1 amide bonds. The fourth-order valence-electron chi connectivity index (χ4n) is 2.37. The number of rotatable bonds is 3. The minimum absolute atomic E-state index is 0.0379. The lowest BCUT2D eigenvalue weighted by Crippen LogP contribution is -2.41. The lowest BCUT2D eigenvalue weighted by molar-refractivity contribution is -0.385. The standard InChI is InChI=1S/C14H18N2O3/c1-14(2)7-8-15(13(17)9-14)10-11-5-3-4-6-12(11)16(18)19/h3-6H,7-10H2,1-2H3. The first-order valence-electron chi connectivity index (χ1n) is 6.39. The molecule has 0 saturated carbocycles. The SMILES string of the molecule is CC1(C)CCN(Cc2ccccc2[N+](=O)[O-])C(=O)C1. The highest BCUT2D eigenvalue weighted by atomic mass is 16.6. The van der Waals surface area contributed by atoms with Gasteiger partial charge in [0, 0.05) is 24.6 Å². The molecule has 0 aromatic heterocycles. The van der Waals surface area contributed by atoms with Gasteiger partial charge in [0.1, 0.15) is 0 Å². The summed E-state index contributed by atoms with van der Waals surface area (Å²) < 4.78 is 0. The predicted octanol–water partition coefficient (Wildman–Crippen LogP) is 2.74. The van der Waals surface area contributed by atoms with E-state index in [2.05, 4.69) is 13.8 Å².